The van der Waals surface area contributed by atoms with Gasteiger partial charge in [0.15, 0.2) is 0 Å². The van der Waals surface area contributed by atoms with E-state index < -0.39 is 0 Å². The highest BCUT2D eigenvalue weighted by Crippen LogP contribution is 2.20. The number of hydrogen-bond donors (Lipinski definition) is 1. The molecule has 5 nitrogen and oxygen atoms in total. The molecule has 0 bridgehead atoms. The van der Waals surface area contributed by atoms with Gasteiger partial charge in [-0.1, -0.05) is 6.92 Å². The van der Waals surface area contributed by atoms with E-state index in [0.29, 0.717) is 24.3 Å². The standard InChI is InChI=1S/C13H17N3O2S/c1-4-9-5-6-10(19-9)8-14-13-15-11(17-2)7-12(16-13)18-3/h5-7H,4,8H2,1-3H3,(H,14,15,16). The summed E-state index contributed by atoms with van der Waals surface area (Å²) in [5.41, 5.74) is 0. The summed E-state index contributed by atoms with van der Waals surface area (Å²) in [6, 6.07) is 5.91. The lowest BCUT2D eigenvalue weighted by Gasteiger charge is -2.07. The third-order valence-corrected chi connectivity index (χ3v) is 3.81. The van der Waals surface area contributed by atoms with Crippen LogP contribution in [0.5, 0.6) is 11.8 Å². The Labute approximate surface area is 116 Å². The predicted molar refractivity (Wildman–Crippen MR) is 76.2 cm³/mol. The molecule has 0 radical (unpaired) electrons. The molecule has 2 aromatic heterocycles. The molecular formula is C13H17N3O2S. The van der Waals surface area contributed by atoms with Crippen LogP contribution in [0.3, 0.4) is 0 Å². The van der Waals surface area contributed by atoms with E-state index in [2.05, 4.69) is 34.3 Å². The largest absolute Gasteiger partial charge is 0.481 e. The molecule has 6 heteroatoms. The second-order valence-electron chi connectivity index (χ2n) is 3.85. The molecule has 0 aliphatic rings. The van der Waals surface area contributed by atoms with E-state index in [-0.39, 0.29) is 0 Å². The Hall–Kier alpha value is -1.82. The first-order valence-corrected chi connectivity index (χ1v) is 6.85. The van der Waals surface area contributed by atoms with Crippen molar-refractivity contribution in [2.75, 3.05) is 19.5 Å². The van der Waals surface area contributed by atoms with Crippen LogP contribution in [0.1, 0.15) is 16.7 Å². The van der Waals surface area contributed by atoms with Gasteiger partial charge >= 0.3 is 0 Å². The van der Waals surface area contributed by atoms with Crippen LogP contribution in [0, 0.1) is 0 Å². The molecular weight excluding hydrogens is 262 g/mol. The number of hydrogen-bond acceptors (Lipinski definition) is 6. The van der Waals surface area contributed by atoms with E-state index in [9.17, 15) is 0 Å². The lowest BCUT2D eigenvalue weighted by molar-refractivity contribution is 0.373. The summed E-state index contributed by atoms with van der Waals surface area (Å²) in [6.45, 7) is 2.85. The second kappa shape index (κ2) is 6.38. The molecule has 2 rings (SSSR count). The fraction of sp³-hybridized carbons (Fsp3) is 0.385. The van der Waals surface area contributed by atoms with Gasteiger partial charge in [0.2, 0.25) is 17.7 Å². The molecule has 0 aromatic carbocycles. The van der Waals surface area contributed by atoms with Crippen LogP contribution in [-0.4, -0.2) is 24.2 Å². The summed E-state index contributed by atoms with van der Waals surface area (Å²) in [5, 5.41) is 3.18. The van der Waals surface area contributed by atoms with Crippen LogP contribution < -0.4 is 14.8 Å². The fourth-order valence-electron chi connectivity index (χ4n) is 1.57. The molecule has 0 spiro atoms. The van der Waals surface area contributed by atoms with E-state index in [1.165, 1.54) is 9.75 Å². The molecule has 0 unspecified atom stereocenters. The zero-order valence-electron chi connectivity index (χ0n) is 11.3. The molecule has 0 fully saturated rings. The lowest BCUT2D eigenvalue weighted by Crippen LogP contribution is -2.04. The van der Waals surface area contributed by atoms with Gasteiger partial charge in [-0.05, 0) is 18.6 Å². The van der Waals surface area contributed by atoms with Crippen molar-refractivity contribution in [3.05, 3.63) is 28.0 Å². The number of anilines is 1. The highest BCUT2D eigenvalue weighted by Gasteiger charge is 2.05. The Morgan fingerprint density at radius 1 is 1.11 bits per heavy atom. The highest BCUT2D eigenvalue weighted by atomic mass is 32.1. The molecule has 0 amide bonds. The van der Waals surface area contributed by atoms with Crippen molar-refractivity contribution in [2.45, 2.75) is 19.9 Å². The number of nitrogens with zero attached hydrogens (tertiary/aromatic N) is 2. The molecule has 2 heterocycles. The summed E-state index contributed by atoms with van der Waals surface area (Å²) in [6.07, 6.45) is 1.06. The molecule has 19 heavy (non-hydrogen) atoms. The van der Waals surface area contributed by atoms with Gasteiger partial charge in [0.05, 0.1) is 26.8 Å². The van der Waals surface area contributed by atoms with Crippen molar-refractivity contribution in [1.29, 1.82) is 0 Å². The van der Waals surface area contributed by atoms with Gasteiger partial charge in [-0.2, -0.15) is 9.97 Å². The van der Waals surface area contributed by atoms with Crippen molar-refractivity contribution in [2.24, 2.45) is 0 Å². The second-order valence-corrected chi connectivity index (χ2v) is 5.10. The number of methoxy groups -OCH3 is 2. The van der Waals surface area contributed by atoms with Crippen LogP contribution in [0.4, 0.5) is 5.95 Å². The smallest absolute Gasteiger partial charge is 0.229 e. The number of rotatable bonds is 6. The summed E-state index contributed by atoms with van der Waals surface area (Å²) in [4.78, 5) is 11.1. The van der Waals surface area contributed by atoms with Crippen LogP contribution in [-0.2, 0) is 13.0 Å². The number of thiophene rings is 1. The molecule has 2 aromatic rings. The molecule has 102 valence electrons. The number of ether oxygens (including phenoxy) is 2. The molecule has 0 aliphatic heterocycles. The summed E-state index contributed by atoms with van der Waals surface area (Å²) in [7, 11) is 3.14. The molecule has 1 N–H and O–H groups in total. The van der Waals surface area contributed by atoms with Crippen molar-refractivity contribution in [1.82, 2.24) is 9.97 Å². The van der Waals surface area contributed by atoms with E-state index in [1.807, 2.05) is 0 Å². The van der Waals surface area contributed by atoms with Gasteiger partial charge < -0.3 is 14.8 Å². The lowest BCUT2D eigenvalue weighted by atomic mass is 10.4. The third-order valence-electron chi connectivity index (χ3n) is 2.58. The minimum absolute atomic E-state index is 0.481. The average molecular weight is 279 g/mol. The number of aromatic nitrogens is 2. The first-order valence-electron chi connectivity index (χ1n) is 6.03. The van der Waals surface area contributed by atoms with Crippen molar-refractivity contribution < 1.29 is 9.47 Å². The molecule has 0 atom stereocenters. The van der Waals surface area contributed by atoms with Crippen LogP contribution in [0.25, 0.3) is 0 Å². The summed E-state index contributed by atoms with van der Waals surface area (Å²) >= 11 is 1.79. The number of aryl methyl sites for hydroxylation is 1. The van der Waals surface area contributed by atoms with Gasteiger partial charge in [0.1, 0.15) is 0 Å². The SMILES string of the molecule is CCc1ccc(CNc2nc(OC)cc(OC)n2)s1. The Balaban J connectivity index is 2.05. The summed E-state index contributed by atoms with van der Waals surface area (Å²) in [5.74, 6) is 1.47. The summed E-state index contributed by atoms with van der Waals surface area (Å²) < 4.78 is 10.2. The predicted octanol–water partition coefficient (Wildman–Crippen LogP) is 2.73. The third kappa shape index (κ3) is 3.57. The Bertz CT molecular complexity index is 520. The number of nitrogens with one attached hydrogen (secondary N) is 1. The average Bonchev–Trinajstić information content (AvgIpc) is 2.92. The highest BCUT2D eigenvalue weighted by molar-refractivity contribution is 7.12. The maximum atomic E-state index is 5.10. The Morgan fingerprint density at radius 2 is 1.74 bits per heavy atom. The van der Waals surface area contributed by atoms with Crippen molar-refractivity contribution >= 4 is 17.3 Å². The quantitative estimate of drug-likeness (QED) is 0.881. The normalized spacial score (nSPS) is 10.3. The van der Waals surface area contributed by atoms with Gasteiger partial charge in [0.25, 0.3) is 0 Å². The monoisotopic (exact) mass is 279 g/mol. The first kappa shape index (κ1) is 13.6. The minimum atomic E-state index is 0.481. The molecule has 0 saturated carbocycles. The topological polar surface area (TPSA) is 56.3 Å². The van der Waals surface area contributed by atoms with Gasteiger partial charge in [-0.3, -0.25) is 0 Å². The molecule has 0 saturated heterocycles. The van der Waals surface area contributed by atoms with Gasteiger partial charge in [0, 0.05) is 9.75 Å². The van der Waals surface area contributed by atoms with Gasteiger partial charge in [-0.25, -0.2) is 0 Å². The minimum Gasteiger partial charge on any atom is -0.481 e. The van der Waals surface area contributed by atoms with Crippen LogP contribution in [0.15, 0.2) is 18.2 Å². The van der Waals surface area contributed by atoms with E-state index in [1.54, 1.807) is 31.6 Å². The van der Waals surface area contributed by atoms with Crippen molar-refractivity contribution in [3.8, 4) is 11.8 Å². The maximum Gasteiger partial charge on any atom is 0.229 e. The van der Waals surface area contributed by atoms with E-state index in [0.717, 1.165) is 6.42 Å². The first-order chi connectivity index (χ1) is 9.25. The Kier molecular flexibility index (Phi) is 4.57. The zero-order chi connectivity index (χ0) is 13.7. The van der Waals surface area contributed by atoms with E-state index in [4.69, 9.17) is 9.47 Å². The molecule has 0 aliphatic carbocycles. The fourth-order valence-corrected chi connectivity index (χ4v) is 2.46. The zero-order valence-corrected chi connectivity index (χ0v) is 12.1. The van der Waals surface area contributed by atoms with E-state index >= 15 is 0 Å². The Morgan fingerprint density at radius 3 is 2.26 bits per heavy atom. The maximum absolute atomic E-state index is 5.10. The van der Waals surface area contributed by atoms with Crippen LogP contribution >= 0.6 is 11.3 Å². The van der Waals surface area contributed by atoms with Crippen molar-refractivity contribution in [3.63, 3.8) is 0 Å². The van der Waals surface area contributed by atoms with Gasteiger partial charge in [-0.15, -0.1) is 11.3 Å². The van der Waals surface area contributed by atoms with Crippen LogP contribution in [0.2, 0.25) is 0 Å².